The molecule has 0 aliphatic heterocycles. The molecule has 3 rings (SSSR count). The summed E-state index contributed by atoms with van der Waals surface area (Å²) in [6, 6.07) is 17.1. The van der Waals surface area contributed by atoms with Gasteiger partial charge in [-0.3, -0.25) is 0 Å². The highest BCUT2D eigenvalue weighted by Gasteiger charge is 2.06. The number of aliphatic hydroxyl groups excluding tert-OH is 1. The molecule has 0 aliphatic carbocycles. The fraction of sp³-hybridized carbons (Fsp3) is 0.118. The van der Waals surface area contributed by atoms with E-state index in [2.05, 4.69) is 4.98 Å². The van der Waals surface area contributed by atoms with Crippen molar-refractivity contribution in [2.45, 2.75) is 13.2 Å². The molecule has 0 fully saturated rings. The van der Waals surface area contributed by atoms with Gasteiger partial charge in [0.2, 0.25) is 5.89 Å². The van der Waals surface area contributed by atoms with Gasteiger partial charge in [0.05, 0.1) is 12.8 Å². The van der Waals surface area contributed by atoms with Gasteiger partial charge in [0, 0.05) is 5.56 Å². The summed E-state index contributed by atoms with van der Waals surface area (Å²) in [5.41, 5.74) is 1.79. The van der Waals surface area contributed by atoms with Crippen molar-refractivity contribution in [1.29, 1.82) is 0 Å². The van der Waals surface area contributed by atoms with Crippen LogP contribution in [0.25, 0.3) is 11.3 Å². The highest BCUT2D eigenvalue weighted by molar-refractivity contribution is 5.55. The first-order valence-electron chi connectivity index (χ1n) is 6.68. The van der Waals surface area contributed by atoms with Gasteiger partial charge in [-0.25, -0.2) is 4.98 Å². The van der Waals surface area contributed by atoms with Crippen LogP contribution in [0.3, 0.4) is 0 Å². The zero-order valence-electron chi connectivity index (χ0n) is 11.4. The topological polar surface area (TPSA) is 55.5 Å². The number of nitrogens with zero attached hydrogens (tertiary/aromatic N) is 1. The van der Waals surface area contributed by atoms with Crippen LogP contribution in [0.5, 0.6) is 5.75 Å². The lowest BCUT2D eigenvalue weighted by Gasteiger charge is -2.04. The van der Waals surface area contributed by atoms with Crippen LogP contribution >= 0.6 is 0 Å². The van der Waals surface area contributed by atoms with Crippen LogP contribution in [0.2, 0.25) is 0 Å². The number of rotatable bonds is 5. The van der Waals surface area contributed by atoms with Crippen molar-refractivity contribution < 1.29 is 14.3 Å². The van der Waals surface area contributed by atoms with Gasteiger partial charge in [0.25, 0.3) is 0 Å². The van der Waals surface area contributed by atoms with Crippen molar-refractivity contribution >= 4 is 0 Å². The minimum Gasteiger partial charge on any atom is -0.484 e. The van der Waals surface area contributed by atoms with Crippen molar-refractivity contribution in [3.8, 4) is 17.1 Å². The van der Waals surface area contributed by atoms with Gasteiger partial charge in [-0.15, -0.1) is 0 Å². The molecular weight excluding hydrogens is 266 g/mol. The molecule has 21 heavy (non-hydrogen) atoms. The van der Waals surface area contributed by atoms with Crippen molar-refractivity contribution in [3.63, 3.8) is 0 Å². The van der Waals surface area contributed by atoms with Gasteiger partial charge >= 0.3 is 0 Å². The molecule has 4 heteroatoms. The largest absolute Gasteiger partial charge is 0.484 e. The van der Waals surface area contributed by atoms with Gasteiger partial charge in [-0.1, -0.05) is 42.5 Å². The lowest BCUT2D eigenvalue weighted by Crippen LogP contribution is -1.96. The van der Waals surface area contributed by atoms with E-state index in [9.17, 15) is 0 Å². The fourth-order valence-corrected chi connectivity index (χ4v) is 1.99. The Kier molecular flexibility index (Phi) is 3.98. The summed E-state index contributed by atoms with van der Waals surface area (Å²) >= 11 is 0. The summed E-state index contributed by atoms with van der Waals surface area (Å²) in [6.07, 6.45) is 1.69. The zero-order chi connectivity index (χ0) is 14.5. The molecule has 2 aromatic carbocycles. The Morgan fingerprint density at radius 1 is 1.05 bits per heavy atom. The average Bonchev–Trinajstić information content (AvgIpc) is 3.03. The summed E-state index contributed by atoms with van der Waals surface area (Å²) in [4.78, 5) is 4.21. The van der Waals surface area contributed by atoms with Crippen molar-refractivity contribution in [1.82, 2.24) is 4.98 Å². The van der Waals surface area contributed by atoms with E-state index in [-0.39, 0.29) is 13.2 Å². The lowest BCUT2D eigenvalue weighted by atomic mass is 10.2. The molecule has 0 atom stereocenters. The predicted molar refractivity (Wildman–Crippen MR) is 78.6 cm³/mol. The zero-order valence-corrected chi connectivity index (χ0v) is 11.4. The first kappa shape index (κ1) is 13.4. The van der Waals surface area contributed by atoms with Gasteiger partial charge in [0.15, 0.2) is 12.4 Å². The molecule has 0 aliphatic rings. The third kappa shape index (κ3) is 3.30. The van der Waals surface area contributed by atoms with Gasteiger partial charge in [-0.2, -0.15) is 0 Å². The summed E-state index contributed by atoms with van der Waals surface area (Å²) in [6.45, 7) is 0.246. The van der Waals surface area contributed by atoms with Crippen LogP contribution in [0.1, 0.15) is 11.5 Å². The minimum atomic E-state index is -0.00560. The number of aromatic nitrogens is 1. The SMILES string of the molecule is OCc1cccc(OCc2ncc(-c3ccccc3)o2)c1. The highest BCUT2D eigenvalue weighted by atomic mass is 16.5. The second-order valence-corrected chi connectivity index (χ2v) is 4.58. The maximum Gasteiger partial charge on any atom is 0.232 e. The molecule has 1 heterocycles. The first-order chi connectivity index (χ1) is 10.3. The molecule has 0 radical (unpaired) electrons. The van der Waals surface area contributed by atoms with E-state index in [4.69, 9.17) is 14.3 Å². The molecule has 0 amide bonds. The van der Waals surface area contributed by atoms with E-state index in [0.717, 1.165) is 16.9 Å². The summed E-state index contributed by atoms with van der Waals surface area (Å²) < 4.78 is 11.3. The molecule has 0 saturated heterocycles. The number of hydrogen-bond acceptors (Lipinski definition) is 4. The predicted octanol–water partition coefficient (Wildman–Crippen LogP) is 3.41. The standard InChI is InChI=1S/C17H15NO3/c19-11-13-5-4-8-15(9-13)20-12-17-18-10-16(21-17)14-6-2-1-3-7-14/h1-10,19H,11-12H2. The van der Waals surface area contributed by atoms with Crippen LogP contribution in [-0.2, 0) is 13.2 Å². The van der Waals surface area contributed by atoms with Crippen molar-refractivity contribution in [2.75, 3.05) is 0 Å². The maximum absolute atomic E-state index is 9.09. The average molecular weight is 281 g/mol. The monoisotopic (exact) mass is 281 g/mol. The van der Waals surface area contributed by atoms with E-state index in [1.54, 1.807) is 12.3 Å². The van der Waals surface area contributed by atoms with E-state index >= 15 is 0 Å². The van der Waals surface area contributed by atoms with E-state index in [0.29, 0.717) is 11.6 Å². The second kappa shape index (κ2) is 6.24. The van der Waals surface area contributed by atoms with Crippen molar-refractivity contribution in [3.05, 3.63) is 72.2 Å². The Hall–Kier alpha value is -2.59. The van der Waals surface area contributed by atoms with Crippen molar-refractivity contribution in [2.24, 2.45) is 0 Å². The molecule has 0 spiro atoms. The second-order valence-electron chi connectivity index (χ2n) is 4.58. The van der Waals surface area contributed by atoms with Gasteiger partial charge in [0.1, 0.15) is 5.75 Å². The Morgan fingerprint density at radius 2 is 1.90 bits per heavy atom. The van der Waals surface area contributed by atoms with Crippen LogP contribution in [0, 0.1) is 0 Å². The summed E-state index contributed by atoms with van der Waals surface area (Å²) in [5, 5.41) is 9.09. The molecule has 3 aromatic rings. The van der Waals surface area contributed by atoms with E-state index in [1.165, 1.54) is 0 Å². The number of hydrogen-bond donors (Lipinski definition) is 1. The Morgan fingerprint density at radius 3 is 2.71 bits per heavy atom. The quantitative estimate of drug-likeness (QED) is 0.778. The molecule has 4 nitrogen and oxygen atoms in total. The van der Waals surface area contributed by atoms with Crippen LogP contribution < -0.4 is 4.74 Å². The van der Waals surface area contributed by atoms with Gasteiger partial charge in [-0.05, 0) is 17.7 Å². The lowest BCUT2D eigenvalue weighted by molar-refractivity contribution is 0.260. The van der Waals surface area contributed by atoms with Gasteiger partial charge < -0.3 is 14.3 Å². The molecule has 0 unspecified atom stereocenters. The van der Waals surface area contributed by atoms with E-state index in [1.807, 2.05) is 48.5 Å². The summed E-state index contributed by atoms with van der Waals surface area (Å²) in [7, 11) is 0. The minimum absolute atomic E-state index is 0.00560. The fourth-order valence-electron chi connectivity index (χ4n) is 1.99. The third-order valence-electron chi connectivity index (χ3n) is 3.06. The van der Waals surface area contributed by atoms with E-state index < -0.39 is 0 Å². The molecule has 106 valence electrons. The number of aliphatic hydroxyl groups is 1. The number of ether oxygens (including phenoxy) is 1. The molecule has 0 saturated carbocycles. The first-order valence-corrected chi connectivity index (χ1v) is 6.68. The normalized spacial score (nSPS) is 10.5. The molecule has 1 aromatic heterocycles. The third-order valence-corrected chi connectivity index (χ3v) is 3.06. The highest BCUT2D eigenvalue weighted by Crippen LogP contribution is 2.21. The van der Waals surface area contributed by atoms with Crippen LogP contribution in [-0.4, -0.2) is 10.1 Å². The Labute approximate surface area is 122 Å². The van der Waals surface area contributed by atoms with Crippen LogP contribution in [0.4, 0.5) is 0 Å². The van der Waals surface area contributed by atoms with Crippen LogP contribution in [0.15, 0.2) is 65.2 Å². The number of oxazole rings is 1. The molecule has 0 bridgehead atoms. The molecule has 1 N–H and O–H groups in total. The Bertz CT molecular complexity index is 707. The smallest absolute Gasteiger partial charge is 0.232 e. The Balaban J connectivity index is 1.67. The summed E-state index contributed by atoms with van der Waals surface area (Å²) in [5.74, 6) is 1.92. The maximum atomic E-state index is 9.09. The number of benzene rings is 2. The molecular formula is C17H15NO3.